The van der Waals surface area contributed by atoms with E-state index in [1.54, 1.807) is 6.07 Å². The van der Waals surface area contributed by atoms with E-state index >= 15 is 0 Å². The molecule has 4 rings (SSSR count). The number of nitrogens with zero attached hydrogens (tertiary/aromatic N) is 2. The molecule has 1 aliphatic carbocycles. The normalized spacial score (nSPS) is 20.8. The number of pyridine rings is 1. The molecule has 2 aromatic rings. The molecule has 1 saturated carbocycles. The largest absolute Gasteiger partial charge is 0.334 e. The SMILES string of the molecule is CNCC1CCCN1C(=O)c1cc(C2CC2)nc2ccc(F)cc12. The van der Waals surface area contributed by atoms with Gasteiger partial charge < -0.3 is 10.2 Å². The van der Waals surface area contributed by atoms with Crippen LogP contribution in [0, 0.1) is 5.82 Å². The van der Waals surface area contributed by atoms with E-state index < -0.39 is 0 Å². The lowest BCUT2D eigenvalue weighted by atomic mass is 10.0. The quantitative estimate of drug-likeness (QED) is 0.939. The summed E-state index contributed by atoms with van der Waals surface area (Å²) in [6.07, 6.45) is 4.28. The number of benzene rings is 1. The van der Waals surface area contributed by atoms with Crippen LogP contribution in [0.15, 0.2) is 24.3 Å². The van der Waals surface area contributed by atoms with Crippen molar-refractivity contribution in [2.24, 2.45) is 0 Å². The lowest BCUT2D eigenvalue weighted by molar-refractivity contribution is 0.0739. The van der Waals surface area contributed by atoms with E-state index in [1.807, 2.05) is 18.0 Å². The Morgan fingerprint density at radius 3 is 2.92 bits per heavy atom. The van der Waals surface area contributed by atoms with Gasteiger partial charge in [0, 0.05) is 36.1 Å². The molecule has 1 aromatic heterocycles. The number of amides is 1. The second-order valence-corrected chi connectivity index (χ2v) is 6.88. The van der Waals surface area contributed by atoms with Crippen LogP contribution < -0.4 is 5.32 Å². The van der Waals surface area contributed by atoms with Crippen LogP contribution in [0.1, 0.15) is 47.7 Å². The Kier molecular flexibility index (Phi) is 3.96. The van der Waals surface area contributed by atoms with E-state index in [9.17, 15) is 9.18 Å². The van der Waals surface area contributed by atoms with Crippen LogP contribution in [0.5, 0.6) is 0 Å². The Morgan fingerprint density at radius 2 is 2.17 bits per heavy atom. The monoisotopic (exact) mass is 327 g/mol. The summed E-state index contributed by atoms with van der Waals surface area (Å²) >= 11 is 0. The maximum atomic E-state index is 13.8. The van der Waals surface area contributed by atoms with Crippen LogP contribution in [-0.2, 0) is 0 Å². The summed E-state index contributed by atoms with van der Waals surface area (Å²) < 4.78 is 13.8. The maximum Gasteiger partial charge on any atom is 0.254 e. The minimum absolute atomic E-state index is 0.00708. The molecular weight excluding hydrogens is 305 g/mol. The summed E-state index contributed by atoms with van der Waals surface area (Å²) in [5.41, 5.74) is 2.29. The van der Waals surface area contributed by atoms with Crippen LogP contribution >= 0.6 is 0 Å². The summed E-state index contributed by atoms with van der Waals surface area (Å²) in [6, 6.07) is 6.65. The van der Waals surface area contributed by atoms with Gasteiger partial charge >= 0.3 is 0 Å². The Morgan fingerprint density at radius 1 is 1.33 bits per heavy atom. The highest BCUT2D eigenvalue weighted by Gasteiger charge is 2.32. The third-order valence-corrected chi connectivity index (χ3v) is 5.09. The van der Waals surface area contributed by atoms with Crippen LogP contribution in [0.25, 0.3) is 10.9 Å². The van der Waals surface area contributed by atoms with Crippen LogP contribution in [0.2, 0.25) is 0 Å². The average molecular weight is 327 g/mol. The van der Waals surface area contributed by atoms with E-state index in [0.29, 0.717) is 22.4 Å². The Balaban J connectivity index is 1.79. The summed E-state index contributed by atoms with van der Waals surface area (Å²) in [4.78, 5) is 19.8. The zero-order chi connectivity index (χ0) is 16.7. The molecule has 0 spiro atoms. The first-order valence-electron chi connectivity index (χ1n) is 8.73. The van der Waals surface area contributed by atoms with Gasteiger partial charge in [0.25, 0.3) is 5.91 Å². The minimum Gasteiger partial charge on any atom is -0.334 e. The van der Waals surface area contributed by atoms with Gasteiger partial charge in [-0.05, 0) is 57.0 Å². The highest BCUT2D eigenvalue weighted by atomic mass is 19.1. The molecule has 1 saturated heterocycles. The number of nitrogens with one attached hydrogen (secondary N) is 1. The van der Waals surface area contributed by atoms with E-state index in [2.05, 4.69) is 10.3 Å². The fourth-order valence-corrected chi connectivity index (χ4v) is 3.69. The summed E-state index contributed by atoms with van der Waals surface area (Å²) in [5, 5.41) is 3.79. The molecule has 4 nitrogen and oxygen atoms in total. The van der Waals surface area contributed by atoms with Crippen molar-refractivity contribution >= 4 is 16.8 Å². The van der Waals surface area contributed by atoms with Gasteiger partial charge in [0.1, 0.15) is 5.82 Å². The molecule has 0 radical (unpaired) electrons. The summed E-state index contributed by atoms with van der Waals surface area (Å²) in [6.45, 7) is 1.56. The van der Waals surface area contributed by atoms with Gasteiger partial charge in [-0.1, -0.05) is 0 Å². The molecule has 0 bridgehead atoms. The second kappa shape index (κ2) is 6.13. The smallest absolute Gasteiger partial charge is 0.254 e. The fourth-order valence-electron chi connectivity index (χ4n) is 3.69. The van der Waals surface area contributed by atoms with Gasteiger partial charge in [0.05, 0.1) is 11.1 Å². The fraction of sp³-hybridized carbons (Fsp3) is 0.474. The minimum atomic E-state index is -0.328. The lowest BCUT2D eigenvalue weighted by Crippen LogP contribution is -2.41. The van der Waals surface area contributed by atoms with Gasteiger partial charge in [-0.3, -0.25) is 9.78 Å². The number of rotatable bonds is 4. The summed E-state index contributed by atoms with van der Waals surface area (Å²) in [7, 11) is 1.91. The zero-order valence-corrected chi connectivity index (χ0v) is 13.9. The number of hydrogen-bond acceptors (Lipinski definition) is 3. The molecule has 2 fully saturated rings. The number of aromatic nitrogens is 1. The molecule has 1 aromatic carbocycles. The predicted molar refractivity (Wildman–Crippen MR) is 91.7 cm³/mol. The second-order valence-electron chi connectivity index (χ2n) is 6.88. The van der Waals surface area contributed by atoms with Gasteiger partial charge in [0.2, 0.25) is 0 Å². The van der Waals surface area contributed by atoms with Crippen molar-refractivity contribution in [1.29, 1.82) is 0 Å². The van der Waals surface area contributed by atoms with Crippen molar-refractivity contribution in [2.75, 3.05) is 20.1 Å². The van der Waals surface area contributed by atoms with Crippen molar-refractivity contribution in [3.05, 3.63) is 41.3 Å². The van der Waals surface area contributed by atoms with E-state index in [0.717, 1.165) is 44.5 Å². The highest BCUT2D eigenvalue weighted by Crippen LogP contribution is 2.40. The molecule has 1 amide bonds. The predicted octanol–water partition coefficient (Wildman–Crippen LogP) is 3.08. The highest BCUT2D eigenvalue weighted by molar-refractivity contribution is 6.06. The molecule has 5 heteroatoms. The Labute approximate surface area is 141 Å². The summed E-state index contributed by atoms with van der Waals surface area (Å²) in [5.74, 6) is 0.135. The number of carbonyl (C=O) groups excluding carboxylic acids is 1. The standard InChI is InChI=1S/C19H22FN3O/c1-21-11-14-3-2-8-23(14)19(24)16-10-18(12-4-5-12)22-17-7-6-13(20)9-15(16)17/h6-7,9-10,12,14,21H,2-5,8,11H2,1H3. The van der Waals surface area contributed by atoms with Crippen molar-refractivity contribution in [2.45, 2.75) is 37.6 Å². The number of likely N-dealkylation sites (tertiary alicyclic amines) is 1. The maximum absolute atomic E-state index is 13.8. The van der Waals surface area contributed by atoms with Crippen molar-refractivity contribution in [3.63, 3.8) is 0 Å². The van der Waals surface area contributed by atoms with Gasteiger partial charge in [-0.15, -0.1) is 0 Å². The molecule has 1 N–H and O–H groups in total. The lowest BCUT2D eigenvalue weighted by Gasteiger charge is -2.25. The number of fused-ring (bicyclic) bond motifs is 1. The molecule has 2 heterocycles. The third kappa shape index (κ3) is 2.77. The Hall–Kier alpha value is -2.01. The van der Waals surface area contributed by atoms with Gasteiger partial charge in [-0.25, -0.2) is 4.39 Å². The Bertz CT molecular complexity index is 788. The van der Waals surface area contributed by atoms with Gasteiger partial charge in [0.15, 0.2) is 0 Å². The van der Waals surface area contributed by atoms with Crippen molar-refractivity contribution in [3.8, 4) is 0 Å². The molecule has 1 aliphatic heterocycles. The molecule has 1 unspecified atom stereocenters. The van der Waals surface area contributed by atoms with E-state index in [4.69, 9.17) is 0 Å². The zero-order valence-electron chi connectivity index (χ0n) is 13.9. The third-order valence-electron chi connectivity index (χ3n) is 5.09. The van der Waals surface area contributed by atoms with Crippen LogP contribution in [-0.4, -0.2) is 42.0 Å². The first-order chi connectivity index (χ1) is 11.7. The number of hydrogen-bond donors (Lipinski definition) is 1. The molecular formula is C19H22FN3O. The first kappa shape index (κ1) is 15.5. The van der Waals surface area contributed by atoms with Gasteiger partial charge in [-0.2, -0.15) is 0 Å². The van der Waals surface area contributed by atoms with Crippen LogP contribution in [0.4, 0.5) is 4.39 Å². The number of carbonyl (C=O) groups is 1. The van der Waals surface area contributed by atoms with Crippen LogP contribution in [0.3, 0.4) is 0 Å². The molecule has 126 valence electrons. The molecule has 1 atom stereocenters. The number of likely N-dealkylation sites (N-methyl/N-ethyl adjacent to an activating group) is 1. The molecule has 2 aliphatic rings. The van der Waals surface area contributed by atoms with E-state index in [1.165, 1.54) is 12.1 Å². The average Bonchev–Trinajstić information content (AvgIpc) is 3.33. The first-order valence-corrected chi connectivity index (χ1v) is 8.73. The topological polar surface area (TPSA) is 45.2 Å². The van der Waals surface area contributed by atoms with Crippen molar-refractivity contribution < 1.29 is 9.18 Å². The molecule has 24 heavy (non-hydrogen) atoms. The van der Waals surface area contributed by atoms with Crippen molar-refractivity contribution in [1.82, 2.24) is 15.2 Å². The van der Waals surface area contributed by atoms with E-state index in [-0.39, 0.29) is 17.8 Å². The number of halogens is 1.